The zero-order valence-corrected chi connectivity index (χ0v) is 12.4. The highest BCUT2D eigenvalue weighted by atomic mass is 16.5. The zero-order chi connectivity index (χ0) is 15.6. The maximum absolute atomic E-state index is 12.6. The summed E-state index contributed by atoms with van der Waals surface area (Å²) in [4.78, 5) is 12.6. The quantitative estimate of drug-likeness (QED) is 0.732. The summed E-state index contributed by atoms with van der Waals surface area (Å²) in [6.45, 7) is 1.10. The van der Waals surface area contributed by atoms with Gasteiger partial charge in [0, 0.05) is 6.54 Å². The molecule has 2 aromatic carbocycles. The third kappa shape index (κ3) is 4.69. The second-order valence-corrected chi connectivity index (χ2v) is 4.88. The molecule has 0 radical (unpaired) electrons. The molecule has 116 valence electrons. The number of rotatable bonds is 8. The molecule has 0 saturated carbocycles. The molecule has 0 atom stereocenters. The fraction of sp³-hybridized carbons (Fsp3) is 0.278. The topological polar surface area (TPSA) is 58.6 Å². The number of aliphatic hydroxyl groups excluding tert-OH is 1. The number of hydrogen-bond donors (Lipinski definition) is 2. The van der Waals surface area contributed by atoms with Crippen LogP contribution in [0.1, 0.15) is 17.0 Å². The van der Waals surface area contributed by atoms with Crippen molar-refractivity contribution in [2.75, 3.05) is 26.4 Å². The van der Waals surface area contributed by atoms with Gasteiger partial charge < -0.3 is 15.2 Å². The number of amides is 1. The number of nitrogens with one attached hydrogen (secondary N) is 1. The summed E-state index contributed by atoms with van der Waals surface area (Å²) in [5.74, 6) is -0.384. The average Bonchev–Trinajstić information content (AvgIpc) is 2.57. The predicted molar refractivity (Wildman–Crippen MR) is 85.6 cm³/mol. The fourth-order valence-corrected chi connectivity index (χ4v) is 2.30. The average molecular weight is 299 g/mol. The largest absolute Gasteiger partial charge is 0.394 e. The van der Waals surface area contributed by atoms with Crippen LogP contribution < -0.4 is 5.32 Å². The van der Waals surface area contributed by atoms with Crippen molar-refractivity contribution in [2.45, 2.75) is 5.92 Å². The van der Waals surface area contributed by atoms with E-state index < -0.39 is 0 Å². The Balaban J connectivity index is 2.07. The summed E-state index contributed by atoms with van der Waals surface area (Å²) >= 11 is 0. The Kier molecular flexibility index (Phi) is 6.61. The Labute approximate surface area is 130 Å². The first-order valence-electron chi connectivity index (χ1n) is 7.39. The molecule has 0 unspecified atom stereocenters. The number of hydrogen-bond acceptors (Lipinski definition) is 3. The number of benzene rings is 2. The molecule has 4 heteroatoms. The lowest BCUT2D eigenvalue weighted by Crippen LogP contribution is -2.32. The summed E-state index contributed by atoms with van der Waals surface area (Å²) in [5, 5.41) is 11.5. The van der Waals surface area contributed by atoms with Gasteiger partial charge >= 0.3 is 0 Å². The molecule has 0 aliphatic rings. The number of carbonyl (C=O) groups excluding carboxylic acids is 1. The van der Waals surface area contributed by atoms with E-state index in [1.54, 1.807) is 0 Å². The molecule has 0 aliphatic heterocycles. The van der Waals surface area contributed by atoms with Gasteiger partial charge in [-0.3, -0.25) is 4.79 Å². The van der Waals surface area contributed by atoms with Gasteiger partial charge in [-0.2, -0.15) is 0 Å². The van der Waals surface area contributed by atoms with Crippen LogP contribution in [0.15, 0.2) is 60.7 Å². The summed E-state index contributed by atoms with van der Waals surface area (Å²) in [5.41, 5.74) is 1.92. The van der Waals surface area contributed by atoms with Gasteiger partial charge in [0.25, 0.3) is 0 Å². The van der Waals surface area contributed by atoms with Crippen LogP contribution in [0, 0.1) is 0 Å². The molecular formula is C18H21NO3. The smallest absolute Gasteiger partial charge is 0.232 e. The third-order valence-corrected chi connectivity index (χ3v) is 3.31. The molecule has 0 bridgehead atoms. The summed E-state index contributed by atoms with van der Waals surface area (Å²) < 4.78 is 5.16. The van der Waals surface area contributed by atoms with Crippen LogP contribution in [-0.2, 0) is 9.53 Å². The molecule has 0 fully saturated rings. The highest BCUT2D eigenvalue weighted by molar-refractivity contribution is 5.87. The van der Waals surface area contributed by atoms with Gasteiger partial charge in [0.15, 0.2) is 0 Å². The number of aliphatic hydroxyl groups is 1. The van der Waals surface area contributed by atoms with Crippen molar-refractivity contribution in [3.63, 3.8) is 0 Å². The second-order valence-electron chi connectivity index (χ2n) is 4.88. The third-order valence-electron chi connectivity index (χ3n) is 3.31. The summed E-state index contributed by atoms with van der Waals surface area (Å²) in [7, 11) is 0. The lowest BCUT2D eigenvalue weighted by molar-refractivity contribution is -0.121. The van der Waals surface area contributed by atoms with E-state index in [1.165, 1.54) is 0 Å². The molecule has 1 amide bonds. The summed E-state index contributed by atoms with van der Waals surface area (Å²) in [6, 6.07) is 19.4. The SMILES string of the molecule is O=C(NCCOCCO)C(c1ccccc1)c1ccccc1. The molecule has 2 N–H and O–H groups in total. The molecule has 0 aromatic heterocycles. The molecule has 0 spiro atoms. The van der Waals surface area contributed by atoms with Crippen LogP contribution in [0.5, 0.6) is 0 Å². The van der Waals surface area contributed by atoms with Crippen LogP contribution >= 0.6 is 0 Å². The normalized spacial score (nSPS) is 10.6. The van der Waals surface area contributed by atoms with E-state index in [1.807, 2.05) is 60.7 Å². The van der Waals surface area contributed by atoms with Crippen molar-refractivity contribution in [3.05, 3.63) is 71.8 Å². The van der Waals surface area contributed by atoms with Crippen LogP contribution in [0.2, 0.25) is 0 Å². The van der Waals surface area contributed by atoms with Crippen LogP contribution in [0.3, 0.4) is 0 Å². The molecule has 0 aliphatic carbocycles. The minimum absolute atomic E-state index is 0.00932. The Bertz CT molecular complexity index is 518. The van der Waals surface area contributed by atoms with Crippen molar-refractivity contribution in [1.29, 1.82) is 0 Å². The molecule has 2 aromatic rings. The molecule has 22 heavy (non-hydrogen) atoms. The molecule has 2 rings (SSSR count). The van der Waals surface area contributed by atoms with Gasteiger partial charge in [-0.15, -0.1) is 0 Å². The fourth-order valence-electron chi connectivity index (χ4n) is 2.30. The lowest BCUT2D eigenvalue weighted by atomic mass is 9.90. The van der Waals surface area contributed by atoms with Gasteiger partial charge in [0.05, 0.1) is 25.7 Å². The predicted octanol–water partition coefficient (Wildman–Crippen LogP) is 1.94. The van der Waals surface area contributed by atoms with Gasteiger partial charge in [-0.05, 0) is 11.1 Å². The van der Waals surface area contributed by atoms with Gasteiger partial charge in [-0.25, -0.2) is 0 Å². The van der Waals surface area contributed by atoms with E-state index in [-0.39, 0.29) is 25.0 Å². The van der Waals surface area contributed by atoms with Crippen molar-refractivity contribution in [2.24, 2.45) is 0 Å². The first-order valence-corrected chi connectivity index (χ1v) is 7.39. The molecule has 0 saturated heterocycles. The second kappa shape index (κ2) is 8.97. The van der Waals surface area contributed by atoms with E-state index in [4.69, 9.17) is 9.84 Å². The number of carbonyl (C=O) groups is 1. The monoisotopic (exact) mass is 299 g/mol. The highest BCUT2D eigenvalue weighted by Crippen LogP contribution is 2.24. The lowest BCUT2D eigenvalue weighted by Gasteiger charge is -2.18. The first-order chi connectivity index (χ1) is 10.8. The van der Waals surface area contributed by atoms with E-state index in [2.05, 4.69) is 5.32 Å². The molecule has 4 nitrogen and oxygen atoms in total. The zero-order valence-electron chi connectivity index (χ0n) is 12.4. The molecular weight excluding hydrogens is 278 g/mol. The van der Waals surface area contributed by atoms with E-state index in [9.17, 15) is 4.79 Å². The van der Waals surface area contributed by atoms with Crippen molar-refractivity contribution in [3.8, 4) is 0 Å². The Hall–Kier alpha value is -2.17. The molecule has 0 heterocycles. The minimum atomic E-state index is -0.333. The standard InChI is InChI=1S/C18H21NO3/c20-12-14-22-13-11-19-18(21)17(15-7-3-1-4-8-15)16-9-5-2-6-10-16/h1-10,17,20H,11-14H2,(H,19,21). The minimum Gasteiger partial charge on any atom is -0.394 e. The van der Waals surface area contributed by atoms with E-state index >= 15 is 0 Å². The first kappa shape index (κ1) is 16.2. The van der Waals surface area contributed by atoms with E-state index in [0.29, 0.717) is 13.2 Å². The van der Waals surface area contributed by atoms with Gasteiger partial charge in [0.1, 0.15) is 0 Å². The van der Waals surface area contributed by atoms with E-state index in [0.717, 1.165) is 11.1 Å². The van der Waals surface area contributed by atoms with Crippen LogP contribution in [0.4, 0.5) is 0 Å². The Morgan fingerprint density at radius 1 is 0.955 bits per heavy atom. The van der Waals surface area contributed by atoms with Crippen molar-refractivity contribution >= 4 is 5.91 Å². The van der Waals surface area contributed by atoms with Crippen LogP contribution in [-0.4, -0.2) is 37.4 Å². The van der Waals surface area contributed by atoms with Crippen molar-refractivity contribution in [1.82, 2.24) is 5.32 Å². The van der Waals surface area contributed by atoms with Gasteiger partial charge in [-0.1, -0.05) is 60.7 Å². The summed E-state index contributed by atoms with van der Waals surface area (Å²) in [6.07, 6.45) is 0. The maximum atomic E-state index is 12.6. The van der Waals surface area contributed by atoms with Crippen molar-refractivity contribution < 1.29 is 14.6 Å². The Morgan fingerprint density at radius 3 is 2.00 bits per heavy atom. The van der Waals surface area contributed by atoms with Crippen LogP contribution in [0.25, 0.3) is 0 Å². The maximum Gasteiger partial charge on any atom is 0.232 e. The number of ether oxygens (including phenoxy) is 1. The Morgan fingerprint density at radius 2 is 1.50 bits per heavy atom. The van der Waals surface area contributed by atoms with Gasteiger partial charge in [0.2, 0.25) is 5.91 Å². The highest BCUT2D eigenvalue weighted by Gasteiger charge is 2.21.